The lowest BCUT2D eigenvalue weighted by Gasteiger charge is -2.26. The molecule has 186 valence electrons. The molecule has 1 aliphatic rings. The highest BCUT2D eigenvalue weighted by Gasteiger charge is 2.37. The van der Waals surface area contributed by atoms with E-state index in [1.807, 2.05) is 0 Å². The van der Waals surface area contributed by atoms with Crippen LogP contribution in [0, 0.1) is 0 Å². The maximum Gasteiger partial charge on any atom is 0.143 e. The predicted octanol–water partition coefficient (Wildman–Crippen LogP) is 10.5. The van der Waals surface area contributed by atoms with Crippen molar-refractivity contribution in [3.63, 3.8) is 0 Å². The lowest BCUT2D eigenvalue weighted by molar-refractivity contribution is 0.653. The minimum absolute atomic E-state index is 0.0511. The lowest BCUT2D eigenvalue weighted by Crippen LogP contribution is -2.14. The van der Waals surface area contributed by atoms with E-state index >= 15 is 0 Å². The molecule has 0 amide bonds. The topological polar surface area (TPSA) is 16.4 Å². The van der Waals surface area contributed by atoms with Gasteiger partial charge in [0.05, 0.1) is 0 Å². The number of hydrogen-bond donors (Lipinski definition) is 0. The van der Waals surface area contributed by atoms with Crippen molar-refractivity contribution in [2.45, 2.75) is 19.3 Å². The molecule has 0 saturated carbocycles. The Kier molecular flexibility index (Phi) is 4.60. The predicted molar refractivity (Wildman–Crippen MR) is 163 cm³/mol. The van der Waals surface area contributed by atoms with Crippen LogP contribution in [0.3, 0.4) is 0 Å². The first-order valence-electron chi connectivity index (χ1n) is 13.5. The van der Waals surface area contributed by atoms with Gasteiger partial charge in [0.15, 0.2) is 0 Å². The highest BCUT2D eigenvalue weighted by Crippen LogP contribution is 2.52. The van der Waals surface area contributed by atoms with Crippen LogP contribution in [-0.4, -0.2) is 0 Å². The molecule has 0 fully saturated rings. The van der Waals surface area contributed by atoms with Gasteiger partial charge >= 0.3 is 0 Å². The zero-order valence-electron chi connectivity index (χ0n) is 22.0. The molecule has 0 saturated heterocycles. The number of anilines is 3. The summed E-state index contributed by atoms with van der Waals surface area (Å²) in [5.74, 6) is 0. The van der Waals surface area contributed by atoms with Gasteiger partial charge in [-0.25, -0.2) is 0 Å². The number of fused-ring (bicyclic) bond motifs is 8. The van der Waals surface area contributed by atoms with E-state index in [-0.39, 0.29) is 5.41 Å². The summed E-state index contributed by atoms with van der Waals surface area (Å²) < 4.78 is 6.63. The molecule has 0 N–H and O–H groups in total. The molecule has 1 aliphatic carbocycles. The molecule has 8 rings (SSSR count). The maximum absolute atomic E-state index is 6.63. The van der Waals surface area contributed by atoms with Gasteiger partial charge in [0, 0.05) is 38.8 Å². The zero-order chi connectivity index (χ0) is 26.1. The molecule has 1 heterocycles. The fourth-order valence-electron chi connectivity index (χ4n) is 6.49. The van der Waals surface area contributed by atoms with Crippen molar-refractivity contribution >= 4 is 49.8 Å². The highest BCUT2D eigenvalue weighted by atomic mass is 16.3. The quantitative estimate of drug-likeness (QED) is 0.239. The van der Waals surface area contributed by atoms with Crippen LogP contribution in [0.1, 0.15) is 25.0 Å². The smallest absolute Gasteiger partial charge is 0.143 e. The number of rotatable bonds is 3. The maximum atomic E-state index is 6.63. The van der Waals surface area contributed by atoms with E-state index in [2.05, 4.69) is 146 Å². The van der Waals surface area contributed by atoms with Crippen molar-refractivity contribution in [1.29, 1.82) is 0 Å². The van der Waals surface area contributed by atoms with Crippen LogP contribution in [0.15, 0.2) is 132 Å². The largest absolute Gasteiger partial charge is 0.455 e. The average molecular weight is 502 g/mol. The van der Waals surface area contributed by atoms with E-state index in [0.29, 0.717) is 0 Å². The standard InChI is InChI=1S/C37H27NO/c1-37(2)32-15-9-8-14-30(32)35-33(37)20-19-29-31-23-28(18-21-34(31)39-36(29)35)38(26-12-4-3-5-13-26)27-17-16-24-10-6-7-11-25(24)22-27/h3-23H,1-2H3. The van der Waals surface area contributed by atoms with Crippen LogP contribution in [0.25, 0.3) is 43.8 Å². The molecule has 0 spiro atoms. The van der Waals surface area contributed by atoms with E-state index in [4.69, 9.17) is 4.42 Å². The van der Waals surface area contributed by atoms with E-state index < -0.39 is 0 Å². The Morgan fingerprint density at radius 1 is 0.538 bits per heavy atom. The first-order valence-corrected chi connectivity index (χ1v) is 13.5. The van der Waals surface area contributed by atoms with Crippen molar-refractivity contribution in [1.82, 2.24) is 0 Å². The molecule has 2 nitrogen and oxygen atoms in total. The average Bonchev–Trinajstić information content (AvgIpc) is 3.46. The fourth-order valence-corrected chi connectivity index (χ4v) is 6.49. The van der Waals surface area contributed by atoms with Gasteiger partial charge in [-0.2, -0.15) is 0 Å². The third-order valence-corrected chi connectivity index (χ3v) is 8.43. The van der Waals surface area contributed by atoms with E-state index in [9.17, 15) is 0 Å². The van der Waals surface area contributed by atoms with Crippen molar-refractivity contribution in [3.05, 3.63) is 139 Å². The number of furan rings is 1. The zero-order valence-corrected chi connectivity index (χ0v) is 22.0. The third-order valence-electron chi connectivity index (χ3n) is 8.43. The minimum atomic E-state index is -0.0511. The Labute approximate surface area is 227 Å². The van der Waals surface area contributed by atoms with Gasteiger partial charge in [-0.3, -0.25) is 0 Å². The van der Waals surface area contributed by atoms with Crippen molar-refractivity contribution in [2.75, 3.05) is 4.90 Å². The normalized spacial score (nSPS) is 13.6. The van der Waals surface area contributed by atoms with Gasteiger partial charge in [-0.15, -0.1) is 0 Å². The second-order valence-electron chi connectivity index (χ2n) is 11.0. The van der Waals surface area contributed by atoms with Gasteiger partial charge in [0.2, 0.25) is 0 Å². The van der Waals surface area contributed by atoms with Gasteiger partial charge in [0.1, 0.15) is 11.2 Å². The molecule has 1 aromatic heterocycles. The number of nitrogens with zero attached hydrogens (tertiary/aromatic N) is 1. The Morgan fingerprint density at radius 2 is 1.26 bits per heavy atom. The van der Waals surface area contributed by atoms with Gasteiger partial charge < -0.3 is 9.32 Å². The minimum Gasteiger partial charge on any atom is -0.455 e. The Morgan fingerprint density at radius 3 is 2.13 bits per heavy atom. The molecular formula is C37H27NO. The van der Waals surface area contributed by atoms with Crippen LogP contribution < -0.4 is 4.90 Å². The fraction of sp³-hybridized carbons (Fsp3) is 0.0811. The van der Waals surface area contributed by atoms with Gasteiger partial charge in [-0.1, -0.05) is 98.8 Å². The van der Waals surface area contributed by atoms with Crippen LogP contribution in [0.2, 0.25) is 0 Å². The Bertz CT molecular complexity index is 2050. The summed E-state index contributed by atoms with van der Waals surface area (Å²) in [4.78, 5) is 2.33. The summed E-state index contributed by atoms with van der Waals surface area (Å²) in [7, 11) is 0. The molecule has 39 heavy (non-hydrogen) atoms. The second kappa shape index (κ2) is 8.09. The van der Waals surface area contributed by atoms with E-state index in [1.54, 1.807) is 0 Å². The molecule has 0 unspecified atom stereocenters. The summed E-state index contributed by atoms with van der Waals surface area (Å²) in [6.07, 6.45) is 0. The molecule has 0 radical (unpaired) electrons. The number of para-hydroxylation sites is 1. The number of hydrogen-bond acceptors (Lipinski definition) is 2. The van der Waals surface area contributed by atoms with Crippen molar-refractivity contribution in [3.8, 4) is 11.1 Å². The molecule has 6 aromatic carbocycles. The molecular weight excluding hydrogens is 474 g/mol. The number of benzene rings is 6. The summed E-state index contributed by atoms with van der Waals surface area (Å²) in [6, 6.07) is 45.7. The Hall–Kier alpha value is -4.82. The highest BCUT2D eigenvalue weighted by molar-refractivity contribution is 6.12. The first-order chi connectivity index (χ1) is 19.1. The first kappa shape index (κ1) is 22.2. The Balaban J connectivity index is 1.36. The SMILES string of the molecule is CC1(C)c2ccccc2-c2c1ccc1c2oc2ccc(N(c3ccccc3)c3ccc4ccccc4c3)cc21. The summed E-state index contributed by atoms with van der Waals surface area (Å²) in [6.45, 7) is 4.62. The van der Waals surface area contributed by atoms with Crippen molar-refractivity contribution in [2.24, 2.45) is 0 Å². The third kappa shape index (κ3) is 3.21. The summed E-state index contributed by atoms with van der Waals surface area (Å²) in [5.41, 5.74) is 10.4. The van der Waals surface area contributed by atoms with Crippen LogP contribution >= 0.6 is 0 Å². The van der Waals surface area contributed by atoms with Gasteiger partial charge in [-0.05, 0) is 69.9 Å². The second-order valence-corrected chi connectivity index (χ2v) is 11.0. The molecule has 7 aromatic rings. The van der Waals surface area contributed by atoms with Crippen LogP contribution in [0.4, 0.5) is 17.1 Å². The van der Waals surface area contributed by atoms with Crippen LogP contribution in [-0.2, 0) is 5.41 Å². The molecule has 0 aliphatic heterocycles. The molecule has 0 bridgehead atoms. The van der Waals surface area contributed by atoms with Gasteiger partial charge in [0.25, 0.3) is 0 Å². The molecule has 0 atom stereocenters. The van der Waals surface area contributed by atoms with E-state index in [0.717, 1.165) is 39.0 Å². The van der Waals surface area contributed by atoms with Crippen LogP contribution in [0.5, 0.6) is 0 Å². The van der Waals surface area contributed by atoms with Crippen molar-refractivity contribution < 1.29 is 4.42 Å². The van der Waals surface area contributed by atoms with E-state index in [1.165, 1.54) is 33.0 Å². The summed E-state index contributed by atoms with van der Waals surface area (Å²) >= 11 is 0. The summed E-state index contributed by atoms with van der Waals surface area (Å²) in [5, 5.41) is 4.75. The monoisotopic (exact) mass is 501 g/mol. The lowest BCUT2D eigenvalue weighted by atomic mass is 9.82. The molecule has 2 heteroatoms.